The number of hydrogen-bond donors (Lipinski definition) is 1. The molecule has 3 aromatic carbocycles. The van der Waals surface area contributed by atoms with E-state index < -0.39 is 0 Å². The van der Waals surface area contributed by atoms with Gasteiger partial charge in [-0.05, 0) is 74.9 Å². The van der Waals surface area contributed by atoms with Gasteiger partial charge in [-0.1, -0.05) is 60.7 Å². The van der Waals surface area contributed by atoms with E-state index in [9.17, 15) is 0 Å². The Balaban J connectivity index is 0.00000187. The zero-order valence-corrected chi connectivity index (χ0v) is 26.8. The fourth-order valence-corrected chi connectivity index (χ4v) is 6.37. The van der Waals surface area contributed by atoms with E-state index in [1.807, 2.05) is 0 Å². The third kappa shape index (κ3) is 7.46. The third-order valence-corrected chi connectivity index (χ3v) is 8.73. The quantitative estimate of drug-likeness (QED) is 0.272. The Morgan fingerprint density at radius 3 is 1.85 bits per heavy atom. The lowest BCUT2D eigenvalue weighted by atomic mass is 9.87. The van der Waals surface area contributed by atoms with E-state index in [0.29, 0.717) is 5.92 Å². The van der Waals surface area contributed by atoms with Crippen LogP contribution in [0.1, 0.15) is 59.1 Å². The zero-order chi connectivity index (χ0) is 26.0. The van der Waals surface area contributed by atoms with Crippen molar-refractivity contribution in [1.82, 2.24) is 9.80 Å². The Bertz CT molecular complexity index is 1140. The van der Waals surface area contributed by atoms with Crippen LogP contribution in [0.25, 0.3) is 0 Å². The SMILES string of the molecule is Cc1c(C)c2c(c(C)c1N)CC(C)(CN1CCN(CCCC(c3ccccc3)c3ccccc3)CC1)O2.Cl.Cl.Cl. The second kappa shape index (κ2) is 14.8. The molecular weight excluding hydrogens is 561 g/mol. The summed E-state index contributed by atoms with van der Waals surface area (Å²) in [5, 5.41) is 0. The number of ether oxygens (including phenoxy) is 1. The van der Waals surface area contributed by atoms with Gasteiger partial charge >= 0.3 is 0 Å². The highest BCUT2D eigenvalue weighted by atomic mass is 35.5. The molecule has 4 nitrogen and oxygen atoms in total. The summed E-state index contributed by atoms with van der Waals surface area (Å²) in [6.45, 7) is 15.3. The number of anilines is 1. The Hall–Kier alpha value is -1.95. The molecule has 0 aliphatic carbocycles. The number of rotatable bonds is 8. The average molecular weight is 607 g/mol. The number of piperazine rings is 1. The summed E-state index contributed by atoms with van der Waals surface area (Å²) in [7, 11) is 0. The molecule has 0 amide bonds. The number of benzene rings is 3. The molecule has 7 heteroatoms. The maximum absolute atomic E-state index is 6.64. The molecule has 2 aliphatic heterocycles. The molecule has 0 saturated carbocycles. The molecule has 220 valence electrons. The predicted molar refractivity (Wildman–Crippen MR) is 176 cm³/mol. The van der Waals surface area contributed by atoms with E-state index in [0.717, 1.165) is 56.1 Å². The Morgan fingerprint density at radius 1 is 0.775 bits per heavy atom. The molecule has 2 aliphatic rings. The van der Waals surface area contributed by atoms with E-state index in [1.165, 1.54) is 47.2 Å². The number of halogens is 3. The molecule has 1 unspecified atom stereocenters. The smallest absolute Gasteiger partial charge is 0.127 e. The van der Waals surface area contributed by atoms with Crippen molar-refractivity contribution in [2.45, 2.75) is 58.5 Å². The fraction of sp³-hybridized carbons (Fsp3) is 0.455. The van der Waals surface area contributed by atoms with Crippen molar-refractivity contribution in [2.75, 3.05) is 45.0 Å². The summed E-state index contributed by atoms with van der Waals surface area (Å²) in [5.41, 5.74) is 14.9. The molecule has 2 N–H and O–H groups in total. The first-order valence-electron chi connectivity index (χ1n) is 14.0. The Morgan fingerprint density at radius 2 is 1.30 bits per heavy atom. The van der Waals surface area contributed by atoms with Crippen molar-refractivity contribution in [3.8, 4) is 5.75 Å². The van der Waals surface area contributed by atoms with Crippen LogP contribution in [-0.2, 0) is 6.42 Å². The lowest BCUT2D eigenvalue weighted by Gasteiger charge is -2.38. The normalized spacial score (nSPS) is 18.7. The van der Waals surface area contributed by atoms with Crippen LogP contribution in [0.15, 0.2) is 60.7 Å². The van der Waals surface area contributed by atoms with Gasteiger partial charge in [-0.3, -0.25) is 4.90 Å². The summed E-state index contributed by atoms with van der Waals surface area (Å²) in [6, 6.07) is 22.0. The number of hydrogen-bond acceptors (Lipinski definition) is 4. The zero-order valence-electron chi connectivity index (χ0n) is 24.3. The van der Waals surface area contributed by atoms with Crippen LogP contribution in [-0.4, -0.2) is 54.7 Å². The molecule has 3 aromatic rings. The van der Waals surface area contributed by atoms with Gasteiger partial charge in [0.15, 0.2) is 0 Å². The molecule has 1 saturated heterocycles. The molecule has 0 aromatic heterocycles. The van der Waals surface area contributed by atoms with Gasteiger partial charge in [-0.25, -0.2) is 0 Å². The summed E-state index contributed by atoms with van der Waals surface area (Å²) >= 11 is 0. The molecule has 0 radical (unpaired) electrons. The third-order valence-electron chi connectivity index (χ3n) is 8.73. The van der Waals surface area contributed by atoms with Crippen LogP contribution in [0, 0.1) is 20.8 Å². The molecule has 0 spiro atoms. The van der Waals surface area contributed by atoms with Crippen molar-refractivity contribution in [2.24, 2.45) is 0 Å². The van der Waals surface area contributed by atoms with Crippen LogP contribution in [0.4, 0.5) is 5.69 Å². The minimum Gasteiger partial charge on any atom is -0.485 e. The van der Waals surface area contributed by atoms with Crippen molar-refractivity contribution < 1.29 is 4.74 Å². The van der Waals surface area contributed by atoms with Crippen molar-refractivity contribution >= 4 is 42.9 Å². The fourth-order valence-electron chi connectivity index (χ4n) is 6.37. The van der Waals surface area contributed by atoms with Crippen molar-refractivity contribution in [3.05, 3.63) is 94.0 Å². The van der Waals surface area contributed by atoms with Crippen LogP contribution >= 0.6 is 37.2 Å². The summed E-state index contributed by atoms with van der Waals surface area (Å²) in [6.07, 6.45) is 3.34. The number of nitrogens with zero attached hydrogens (tertiary/aromatic N) is 2. The maximum Gasteiger partial charge on any atom is 0.127 e. The van der Waals surface area contributed by atoms with Crippen LogP contribution in [0.2, 0.25) is 0 Å². The van der Waals surface area contributed by atoms with E-state index in [1.54, 1.807) is 0 Å². The largest absolute Gasteiger partial charge is 0.485 e. The van der Waals surface area contributed by atoms with Crippen LogP contribution in [0.3, 0.4) is 0 Å². The van der Waals surface area contributed by atoms with Crippen molar-refractivity contribution in [3.63, 3.8) is 0 Å². The van der Waals surface area contributed by atoms with Crippen LogP contribution in [0.5, 0.6) is 5.75 Å². The van der Waals surface area contributed by atoms with Gasteiger partial charge in [0.05, 0.1) is 0 Å². The van der Waals surface area contributed by atoms with Gasteiger partial charge in [0.1, 0.15) is 11.4 Å². The summed E-state index contributed by atoms with van der Waals surface area (Å²) in [4.78, 5) is 5.24. The second-order valence-electron chi connectivity index (χ2n) is 11.5. The number of nitrogens with two attached hydrogens (primary N) is 1. The minimum absolute atomic E-state index is 0. The second-order valence-corrected chi connectivity index (χ2v) is 11.5. The van der Waals surface area contributed by atoms with Gasteiger partial charge in [-0.15, -0.1) is 37.2 Å². The van der Waals surface area contributed by atoms with Gasteiger partial charge in [0.2, 0.25) is 0 Å². The first-order chi connectivity index (χ1) is 17.8. The highest BCUT2D eigenvalue weighted by Gasteiger charge is 2.39. The molecule has 1 fully saturated rings. The van der Waals surface area contributed by atoms with E-state index in [-0.39, 0.29) is 42.8 Å². The van der Waals surface area contributed by atoms with Gasteiger partial charge in [0.25, 0.3) is 0 Å². The minimum atomic E-state index is -0.182. The highest BCUT2D eigenvalue weighted by molar-refractivity contribution is 5.86. The lowest BCUT2D eigenvalue weighted by Crippen LogP contribution is -2.52. The van der Waals surface area contributed by atoms with Gasteiger partial charge < -0.3 is 15.4 Å². The predicted octanol–water partition coefficient (Wildman–Crippen LogP) is 7.38. The molecule has 1 atom stereocenters. The Kier molecular flexibility index (Phi) is 12.7. The molecular formula is C33H46Cl3N3O. The van der Waals surface area contributed by atoms with Gasteiger partial charge in [-0.2, -0.15) is 0 Å². The van der Waals surface area contributed by atoms with Crippen molar-refractivity contribution in [1.29, 1.82) is 0 Å². The van der Waals surface area contributed by atoms with E-state index in [4.69, 9.17) is 10.5 Å². The molecule has 5 rings (SSSR count). The molecule has 2 heterocycles. The number of fused-ring (bicyclic) bond motifs is 1. The summed E-state index contributed by atoms with van der Waals surface area (Å²) in [5.74, 6) is 1.55. The van der Waals surface area contributed by atoms with E-state index >= 15 is 0 Å². The Labute approximate surface area is 259 Å². The molecule has 0 bridgehead atoms. The summed E-state index contributed by atoms with van der Waals surface area (Å²) < 4.78 is 6.64. The first kappa shape index (κ1) is 34.3. The van der Waals surface area contributed by atoms with Gasteiger partial charge in [0, 0.05) is 56.3 Å². The average Bonchev–Trinajstić information content (AvgIpc) is 3.28. The highest BCUT2D eigenvalue weighted by Crippen LogP contribution is 2.44. The standard InChI is InChI=1S/C33H43N3O.3ClH/c1-24-25(2)32-30(26(3)31(24)34)22-33(4,37-32)23-36-20-18-35(19-21-36)17-11-16-29(27-12-7-5-8-13-27)28-14-9-6-10-15-28;;;/h5-10,12-15,29H,11,16-23,34H2,1-4H3;3*1H. The topological polar surface area (TPSA) is 41.7 Å². The van der Waals surface area contributed by atoms with Crippen LogP contribution < -0.4 is 10.5 Å². The van der Waals surface area contributed by atoms with E-state index in [2.05, 4.69) is 98.2 Å². The first-order valence-corrected chi connectivity index (χ1v) is 14.0. The number of nitrogen functional groups attached to an aromatic ring is 1. The monoisotopic (exact) mass is 605 g/mol. The lowest BCUT2D eigenvalue weighted by molar-refractivity contribution is 0.0376. The molecule has 40 heavy (non-hydrogen) atoms. The maximum atomic E-state index is 6.64.